The van der Waals surface area contributed by atoms with E-state index in [1.807, 2.05) is 41.5 Å². The molecule has 0 atom stereocenters. The van der Waals surface area contributed by atoms with Crippen LogP contribution in [0.4, 0.5) is 0 Å². The molecule has 0 spiro atoms. The maximum Gasteiger partial charge on any atom is 0.164 e. The molecule has 6 rings (SSSR count). The molecule has 7 heteroatoms. The first-order valence-corrected chi connectivity index (χ1v) is 19.1. The summed E-state index contributed by atoms with van der Waals surface area (Å²) in [5.74, 6) is 0.286. The molecule has 265 valence electrons. The number of aliphatic hydroxyl groups is 1. The Morgan fingerprint density at radius 3 is 2.18 bits per heavy atom. The van der Waals surface area contributed by atoms with Gasteiger partial charge in [-0.15, -0.1) is 51.8 Å². The number of carbonyl (C=O) groups excluding carboxylic acids is 1. The summed E-state index contributed by atoms with van der Waals surface area (Å²) in [6.07, 6.45) is 6.43. The zero-order valence-corrected chi connectivity index (χ0v) is 34.8. The van der Waals surface area contributed by atoms with Crippen molar-refractivity contribution in [3.8, 4) is 21.7 Å². The average molecular weight is 882 g/mol. The fourth-order valence-corrected chi connectivity index (χ4v) is 8.02. The number of aromatic nitrogens is 2. The third-order valence-electron chi connectivity index (χ3n) is 10.5. The Labute approximate surface area is 319 Å². The van der Waals surface area contributed by atoms with Crippen molar-refractivity contribution in [1.29, 1.82) is 0 Å². The van der Waals surface area contributed by atoms with Gasteiger partial charge in [0.15, 0.2) is 5.78 Å². The first-order chi connectivity index (χ1) is 23.3. The summed E-state index contributed by atoms with van der Waals surface area (Å²) >= 11 is 3.55. The molecule has 0 amide bonds. The van der Waals surface area contributed by atoms with Gasteiger partial charge in [-0.25, -0.2) is 4.98 Å². The number of benzene rings is 3. The van der Waals surface area contributed by atoms with Crippen molar-refractivity contribution in [3.05, 3.63) is 95.8 Å². The molecule has 3 aromatic heterocycles. The molecular weight excluding hydrogens is 833 g/mol. The van der Waals surface area contributed by atoms with Crippen molar-refractivity contribution >= 4 is 59.5 Å². The van der Waals surface area contributed by atoms with Gasteiger partial charge in [0.05, 0.1) is 5.52 Å². The molecule has 0 aliphatic rings. The number of hydrogen-bond donors (Lipinski definition) is 1. The summed E-state index contributed by atoms with van der Waals surface area (Å²) in [6, 6.07) is 25.3. The predicted molar refractivity (Wildman–Crippen MR) is 212 cm³/mol. The first-order valence-electron chi connectivity index (χ1n) is 17.4. The second-order valence-corrected chi connectivity index (χ2v) is 16.5. The quantitative estimate of drug-likeness (QED) is 0.0893. The number of allylic oxidation sites excluding steroid dienone is 2. The smallest absolute Gasteiger partial charge is 0.164 e. The van der Waals surface area contributed by atoms with Crippen LogP contribution in [0.25, 0.3) is 52.8 Å². The zero-order chi connectivity index (χ0) is 35.6. The Balaban J connectivity index is 0.000000269. The van der Waals surface area contributed by atoms with Gasteiger partial charge < -0.3 is 5.11 Å². The van der Waals surface area contributed by atoms with E-state index >= 15 is 0 Å². The fraction of sp³-hybridized carbons (Fsp3) is 0.372. The minimum absolute atomic E-state index is 0. The monoisotopic (exact) mass is 882 g/mol. The molecule has 0 unspecified atom stereocenters. The summed E-state index contributed by atoms with van der Waals surface area (Å²) in [7, 11) is 0. The van der Waals surface area contributed by atoms with Crippen LogP contribution in [-0.2, 0) is 30.3 Å². The summed E-state index contributed by atoms with van der Waals surface area (Å²) in [5.41, 5.74) is 4.97. The van der Waals surface area contributed by atoms with Crippen molar-refractivity contribution in [2.75, 3.05) is 0 Å². The van der Waals surface area contributed by atoms with E-state index in [4.69, 9.17) is 4.98 Å². The number of ketones is 1. The van der Waals surface area contributed by atoms with E-state index in [2.05, 4.69) is 97.9 Å². The van der Waals surface area contributed by atoms with Crippen LogP contribution in [0.1, 0.15) is 93.6 Å². The Bertz CT molecular complexity index is 2130. The van der Waals surface area contributed by atoms with Crippen LogP contribution in [0.15, 0.2) is 84.2 Å². The maximum atomic E-state index is 12.2. The first kappa shape index (κ1) is 39.6. The molecule has 0 aliphatic heterocycles. The Hall–Kier alpha value is -3.22. The molecule has 3 heterocycles. The maximum absolute atomic E-state index is 12.2. The van der Waals surface area contributed by atoms with Crippen LogP contribution in [-0.4, -0.2) is 20.9 Å². The zero-order valence-electron chi connectivity index (χ0n) is 30.7. The largest absolute Gasteiger partial charge is 0.512 e. The molecule has 6 aromatic rings. The van der Waals surface area contributed by atoms with Gasteiger partial charge in [-0.05, 0) is 54.7 Å². The molecule has 0 saturated carbocycles. The molecular formula is C43H49IrN2O2S2-. The van der Waals surface area contributed by atoms with E-state index in [-0.39, 0.29) is 47.9 Å². The van der Waals surface area contributed by atoms with Gasteiger partial charge in [-0.1, -0.05) is 104 Å². The van der Waals surface area contributed by atoms with E-state index in [1.54, 1.807) is 29.0 Å². The van der Waals surface area contributed by atoms with Crippen LogP contribution in [0.5, 0.6) is 0 Å². The molecule has 50 heavy (non-hydrogen) atoms. The number of nitrogens with zero attached hydrogens (tertiary/aromatic N) is 2. The summed E-state index contributed by atoms with van der Waals surface area (Å²) in [5, 5.41) is 16.0. The number of thiophene rings is 2. The van der Waals surface area contributed by atoms with Gasteiger partial charge in [0.2, 0.25) is 0 Å². The van der Waals surface area contributed by atoms with Gasteiger partial charge >= 0.3 is 0 Å². The molecule has 1 N–H and O–H groups in total. The standard InChI is InChI=1S/C28H21N2S2.C15H28O2.Ir/c1-28(2,3)22-14-18(13-17-7-4-5-8-19(17)22)26-27-23(29-16-30-26)15-25(32-27)20-9-6-10-24-21(20)11-12-31-24;1-7-14(5,8-2)12(16)11-13(17)15(6,9-3)10-4;/h4-12,14-16H,1-3H3;11,16H,7-10H2,1-6H3;/q-1;;/b;12-11-;. The van der Waals surface area contributed by atoms with Crippen LogP contribution in [0.2, 0.25) is 0 Å². The number of aliphatic hydroxyl groups excluding tert-OH is 1. The second kappa shape index (κ2) is 16.0. The molecule has 0 bridgehead atoms. The average Bonchev–Trinajstić information content (AvgIpc) is 3.78. The summed E-state index contributed by atoms with van der Waals surface area (Å²) in [6.45, 7) is 18.9. The van der Waals surface area contributed by atoms with Gasteiger partial charge in [0, 0.05) is 67.9 Å². The molecule has 1 radical (unpaired) electrons. The van der Waals surface area contributed by atoms with E-state index in [0.717, 1.165) is 52.5 Å². The molecule has 4 nitrogen and oxygen atoms in total. The van der Waals surface area contributed by atoms with E-state index < -0.39 is 0 Å². The Morgan fingerprint density at radius 1 is 0.840 bits per heavy atom. The van der Waals surface area contributed by atoms with Crippen molar-refractivity contribution in [2.45, 2.75) is 93.4 Å². The number of hydrogen-bond acceptors (Lipinski definition) is 6. The van der Waals surface area contributed by atoms with Gasteiger partial charge in [0.1, 0.15) is 12.1 Å². The summed E-state index contributed by atoms with van der Waals surface area (Å²) < 4.78 is 2.42. The molecule has 3 aromatic carbocycles. The van der Waals surface area contributed by atoms with Crippen LogP contribution in [0, 0.1) is 16.9 Å². The van der Waals surface area contributed by atoms with E-state index in [0.29, 0.717) is 0 Å². The SMILES string of the molecule is CC(C)(C)c1cc(-c2ncnc3cc(-c4cccc5sccc45)sc23)[c-]c2ccccc12.CCC(C)(CC)C(=O)/C=C(\O)C(C)(CC)CC.[Ir]. The van der Waals surface area contributed by atoms with E-state index in [9.17, 15) is 9.90 Å². The van der Waals surface area contributed by atoms with Crippen LogP contribution >= 0.6 is 22.7 Å². The van der Waals surface area contributed by atoms with Crippen molar-refractivity contribution in [2.24, 2.45) is 10.8 Å². The number of rotatable bonds is 9. The normalized spacial score (nSPS) is 12.5. The third kappa shape index (κ3) is 7.97. The van der Waals surface area contributed by atoms with Crippen molar-refractivity contribution in [1.82, 2.24) is 9.97 Å². The minimum Gasteiger partial charge on any atom is -0.512 e. The number of carbonyl (C=O) groups is 1. The van der Waals surface area contributed by atoms with Gasteiger partial charge in [-0.2, -0.15) is 0 Å². The predicted octanol–water partition coefficient (Wildman–Crippen LogP) is 13.1. The molecule has 0 fully saturated rings. The van der Waals surface area contributed by atoms with Crippen molar-refractivity contribution < 1.29 is 30.0 Å². The van der Waals surface area contributed by atoms with Crippen molar-refractivity contribution in [3.63, 3.8) is 0 Å². The van der Waals surface area contributed by atoms with Crippen LogP contribution in [0.3, 0.4) is 0 Å². The van der Waals surface area contributed by atoms with E-state index in [1.165, 1.54) is 37.6 Å². The fourth-order valence-electron chi connectivity index (χ4n) is 6.05. The Morgan fingerprint density at radius 2 is 1.52 bits per heavy atom. The summed E-state index contributed by atoms with van der Waals surface area (Å²) in [4.78, 5) is 22.7. The topological polar surface area (TPSA) is 63.1 Å². The third-order valence-corrected chi connectivity index (χ3v) is 12.6. The van der Waals surface area contributed by atoms with Gasteiger partial charge in [-0.3, -0.25) is 9.78 Å². The minimum atomic E-state index is -0.337. The molecule has 0 aliphatic carbocycles. The van der Waals surface area contributed by atoms with Crippen LogP contribution < -0.4 is 0 Å². The second-order valence-electron chi connectivity index (χ2n) is 14.5. The molecule has 0 saturated heterocycles. The number of fused-ring (bicyclic) bond motifs is 3. The van der Waals surface area contributed by atoms with Gasteiger partial charge in [0.25, 0.3) is 0 Å². The Kier molecular flexibility index (Phi) is 12.6.